The summed E-state index contributed by atoms with van der Waals surface area (Å²) in [5, 5.41) is 2.97. The fourth-order valence-corrected chi connectivity index (χ4v) is 4.69. The smallest absolute Gasteiger partial charge is 0.251 e. The van der Waals surface area contributed by atoms with Gasteiger partial charge >= 0.3 is 0 Å². The molecule has 7 nitrogen and oxygen atoms in total. The number of piperazine rings is 1. The predicted octanol–water partition coefficient (Wildman–Crippen LogP) is 2.75. The van der Waals surface area contributed by atoms with Crippen molar-refractivity contribution < 1.29 is 14.4 Å². The van der Waals surface area contributed by atoms with Crippen molar-refractivity contribution >= 4 is 17.7 Å². The highest BCUT2D eigenvalue weighted by Gasteiger charge is 2.35. The van der Waals surface area contributed by atoms with Gasteiger partial charge in [-0.2, -0.15) is 0 Å². The van der Waals surface area contributed by atoms with Gasteiger partial charge in [-0.05, 0) is 48.9 Å². The van der Waals surface area contributed by atoms with Crippen LogP contribution in [0.3, 0.4) is 0 Å². The highest BCUT2D eigenvalue weighted by Crippen LogP contribution is 2.24. The summed E-state index contributed by atoms with van der Waals surface area (Å²) in [7, 11) is 2.08. The number of hydrogen-bond acceptors (Lipinski definition) is 4. The standard InChI is InChI=1S/C27H42N4O3/c1-19(2)23(28-24(32)20-7-9-22(10-8-20)27(3,4)5)26(34)30-13-11-21(12-14-30)25(33)31-17-15-29(6)16-18-31/h7-10,19,21,23H,11-18H2,1-6H3,(H,28,32). The Morgan fingerprint density at radius 3 is 1.94 bits per heavy atom. The van der Waals surface area contributed by atoms with Crippen molar-refractivity contribution in [2.24, 2.45) is 11.8 Å². The molecule has 2 aliphatic heterocycles. The van der Waals surface area contributed by atoms with Gasteiger partial charge in [-0.3, -0.25) is 14.4 Å². The zero-order valence-electron chi connectivity index (χ0n) is 21.8. The van der Waals surface area contributed by atoms with Gasteiger partial charge in [0, 0.05) is 50.7 Å². The Balaban J connectivity index is 1.56. The molecule has 188 valence electrons. The minimum atomic E-state index is -0.584. The van der Waals surface area contributed by atoms with Gasteiger partial charge < -0.3 is 20.0 Å². The van der Waals surface area contributed by atoms with Crippen molar-refractivity contribution in [3.05, 3.63) is 35.4 Å². The maximum atomic E-state index is 13.3. The van der Waals surface area contributed by atoms with E-state index in [2.05, 4.69) is 38.0 Å². The first-order chi connectivity index (χ1) is 16.0. The van der Waals surface area contributed by atoms with Crippen LogP contribution in [0.5, 0.6) is 0 Å². The summed E-state index contributed by atoms with van der Waals surface area (Å²) in [6, 6.07) is 7.02. The van der Waals surface area contributed by atoms with Crippen molar-refractivity contribution in [3.8, 4) is 0 Å². The topological polar surface area (TPSA) is 73.0 Å². The average Bonchev–Trinajstić information content (AvgIpc) is 2.81. The summed E-state index contributed by atoms with van der Waals surface area (Å²) in [6.45, 7) is 14.8. The third kappa shape index (κ3) is 6.38. The lowest BCUT2D eigenvalue weighted by Crippen LogP contribution is -2.54. The van der Waals surface area contributed by atoms with E-state index in [4.69, 9.17) is 0 Å². The number of amides is 3. The molecular formula is C27H42N4O3. The summed E-state index contributed by atoms with van der Waals surface area (Å²) in [5.74, 6) is -0.101. The first kappa shape index (κ1) is 26.2. The number of likely N-dealkylation sites (N-methyl/N-ethyl adjacent to an activating group) is 1. The van der Waals surface area contributed by atoms with Crippen LogP contribution in [0.1, 0.15) is 63.4 Å². The van der Waals surface area contributed by atoms with Gasteiger partial charge in [0.2, 0.25) is 11.8 Å². The number of nitrogens with one attached hydrogen (secondary N) is 1. The van der Waals surface area contributed by atoms with Crippen LogP contribution in [0.15, 0.2) is 24.3 Å². The Hall–Kier alpha value is -2.41. The van der Waals surface area contributed by atoms with E-state index in [1.54, 1.807) is 0 Å². The first-order valence-corrected chi connectivity index (χ1v) is 12.6. The quantitative estimate of drug-likeness (QED) is 0.718. The summed E-state index contributed by atoms with van der Waals surface area (Å²) in [6.07, 6.45) is 1.37. The van der Waals surface area contributed by atoms with Crippen molar-refractivity contribution in [1.29, 1.82) is 0 Å². The van der Waals surface area contributed by atoms with E-state index < -0.39 is 6.04 Å². The van der Waals surface area contributed by atoms with Gasteiger partial charge in [0.05, 0.1) is 0 Å². The fraction of sp³-hybridized carbons (Fsp3) is 0.667. The number of carbonyl (C=O) groups is 3. The molecular weight excluding hydrogens is 428 g/mol. The minimum Gasteiger partial charge on any atom is -0.341 e. The highest BCUT2D eigenvalue weighted by molar-refractivity contribution is 5.97. The van der Waals surface area contributed by atoms with E-state index in [0.29, 0.717) is 31.5 Å². The molecule has 3 amide bonds. The zero-order valence-corrected chi connectivity index (χ0v) is 21.8. The molecule has 2 heterocycles. The molecule has 0 spiro atoms. The van der Waals surface area contributed by atoms with E-state index in [-0.39, 0.29) is 35.0 Å². The molecule has 0 bridgehead atoms. The Labute approximate surface area is 204 Å². The Bertz CT molecular complexity index is 859. The Kier molecular flexibility index (Phi) is 8.39. The van der Waals surface area contributed by atoms with Crippen LogP contribution in [-0.2, 0) is 15.0 Å². The van der Waals surface area contributed by atoms with Gasteiger partial charge in [-0.1, -0.05) is 46.8 Å². The van der Waals surface area contributed by atoms with E-state index in [9.17, 15) is 14.4 Å². The lowest BCUT2D eigenvalue weighted by molar-refractivity contribution is -0.143. The maximum Gasteiger partial charge on any atom is 0.251 e. The summed E-state index contributed by atoms with van der Waals surface area (Å²) in [4.78, 5) is 45.2. The van der Waals surface area contributed by atoms with Crippen LogP contribution in [0.4, 0.5) is 0 Å². The molecule has 1 N–H and O–H groups in total. The second kappa shape index (κ2) is 10.9. The molecule has 3 rings (SSSR count). The lowest BCUT2D eigenvalue weighted by atomic mass is 9.86. The highest BCUT2D eigenvalue weighted by atomic mass is 16.2. The Morgan fingerprint density at radius 2 is 1.44 bits per heavy atom. The van der Waals surface area contributed by atoms with Crippen LogP contribution in [0, 0.1) is 11.8 Å². The number of piperidine rings is 1. The van der Waals surface area contributed by atoms with Crippen LogP contribution >= 0.6 is 0 Å². The van der Waals surface area contributed by atoms with Gasteiger partial charge in [-0.25, -0.2) is 0 Å². The number of benzene rings is 1. The van der Waals surface area contributed by atoms with Gasteiger partial charge in [0.15, 0.2) is 0 Å². The Morgan fingerprint density at radius 1 is 0.882 bits per heavy atom. The van der Waals surface area contributed by atoms with E-state index in [1.165, 1.54) is 0 Å². The number of hydrogen-bond donors (Lipinski definition) is 1. The molecule has 1 unspecified atom stereocenters. The SMILES string of the molecule is CC(C)C(NC(=O)c1ccc(C(C)(C)C)cc1)C(=O)N1CCC(C(=O)N2CCN(C)CC2)CC1. The third-order valence-corrected chi connectivity index (χ3v) is 7.20. The molecule has 0 radical (unpaired) electrons. The van der Waals surface area contributed by atoms with E-state index in [1.807, 2.05) is 47.9 Å². The number of nitrogens with zero attached hydrogens (tertiary/aromatic N) is 3. The average molecular weight is 471 g/mol. The lowest BCUT2D eigenvalue weighted by Gasteiger charge is -2.38. The number of carbonyl (C=O) groups excluding carboxylic acids is 3. The molecule has 1 aromatic rings. The van der Waals surface area contributed by atoms with Crippen LogP contribution in [0.2, 0.25) is 0 Å². The van der Waals surface area contributed by atoms with Crippen molar-refractivity contribution in [2.45, 2.75) is 58.9 Å². The van der Waals surface area contributed by atoms with Crippen molar-refractivity contribution in [1.82, 2.24) is 20.0 Å². The van der Waals surface area contributed by atoms with Gasteiger partial charge in [0.25, 0.3) is 5.91 Å². The largest absolute Gasteiger partial charge is 0.341 e. The molecule has 0 aliphatic carbocycles. The normalized spacial score (nSPS) is 19.3. The van der Waals surface area contributed by atoms with Gasteiger partial charge in [0.1, 0.15) is 6.04 Å². The van der Waals surface area contributed by atoms with Crippen molar-refractivity contribution in [3.63, 3.8) is 0 Å². The molecule has 0 saturated carbocycles. The fourth-order valence-electron chi connectivity index (χ4n) is 4.69. The molecule has 7 heteroatoms. The second-order valence-electron chi connectivity index (χ2n) is 11.3. The number of rotatable bonds is 5. The first-order valence-electron chi connectivity index (χ1n) is 12.6. The van der Waals surface area contributed by atoms with Gasteiger partial charge in [-0.15, -0.1) is 0 Å². The summed E-state index contributed by atoms with van der Waals surface area (Å²) in [5.41, 5.74) is 1.74. The van der Waals surface area contributed by atoms with Crippen LogP contribution in [0.25, 0.3) is 0 Å². The summed E-state index contributed by atoms with van der Waals surface area (Å²) >= 11 is 0. The number of likely N-dealkylation sites (tertiary alicyclic amines) is 1. The zero-order chi connectivity index (χ0) is 25.0. The van der Waals surface area contributed by atoms with Crippen molar-refractivity contribution in [2.75, 3.05) is 46.3 Å². The van der Waals surface area contributed by atoms with Crippen LogP contribution < -0.4 is 5.32 Å². The third-order valence-electron chi connectivity index (χ3n) is 7.20. The molecule has 2 fully saturated rings. The monoisotopic (exact) mass is 470 g/mol. The molecule has 1 atom stereocenters. The molecule has 0 aromatic heterocycles. The minimum absolute atomic E-state index is 0.0131. The van der Waals surface area contributed by atoms with E-state index in [0.717, 1.165) is 31.7 Å². The molecule has 34 heavy (non-hydrogen) atoms. The summed E-state index contributed by atoms with van der Waals surface area (Å²) < 4.78 is 0. The molecule has 2 aliphatic rings. The maximum absolute atomic E-state index is 13.3. The molecule has 1 aromatic carbocycles. The molecule has 2 saturated heterocycles. The second-order valence-corrected chi connectivity index (χ2v) is 11.3. The van der Waals surface area contributed by atoms with Crippen LogP contribution in [-0.4, -0.2) is 84.8 Å². The predicted molar refractivity (Wildman–Crippen MR) is 135 cm³/mol. The van der Waals surface area contributed by atoms with E-state index >= 15 is 0 Å².